The molecule has 0 bridgehead atoms. The molecule has 5 nitrogen and oxygen atoms in total. The molecule has 2 unspecified atom stereocenters. The van der Waals surface area contributed by atoms with Crippen LogP contribution in [-0.4, -0.2) is 32.8 Å². The van der Waals surface area contributed by atoms with E-state index in [0.717, 1.165) is 18.3 Å². The first kappa shape index (κ1) is 19.3. The number of alkyl halides is 3. The Hall–Kier alpha value is -3.04. The highest BCUT2D eigenvalue weighted by molar-refractivity contribution is 5.48. The van der Waals surface area contributed by atoms with E-state index in [1.54, 1.807) is 9.58 Å². The van der Waals surface area contributed by atoms with E-state index in [1.807, 2.05) is 0 Å². The standard InChI is InChI=1S/C19H16F5N5/c20-12-1-2-14(16(21)7-12)15-9-28(6-4-17(15)29-11-25-10-27-29)13-3-5-26-18(8-13)19(22,23)24/h1-3,5,7-8,10-11,15,17H,4,6,9H2. The Morgan fingerprint density at radius 1 is 1.07 bits per heavy atom. The smallest absolute Gasteiger partial charge is 0.371 e. The van der Waals surface area contributed by atoms with Gasteiger partial charge in [-0.3, -0.25) is 4.98 Å². The van der Waals surface area contributed by atoms with Crippen molar-refractivity contribution < 1.29 is 22.0 Å². The van der Waals surface area contributed by atoms with Crippen LogP contribution in [0, 0.1) is 11.6 Å². The Bertz CT molecular complexity index is 989. The van der Waals surface area contributed by atoms with Gasteiger partial charge in [-0.05, 0) is 30.2 Å². The molecule has 3 heterocycles. The topological polar surface area (TPSA) is 46.8 Å². The molecule has 3 aromatic rings. The van der Waals surface area contributed by atoms with Crippen molar-refractivity contribution in [1.29, 1.82) is 0 Å². The average molecular weight is 409 g/mol. The maximum atomic E-state index is 14.5. The molecule has 0 saturated carbocycles. The van der Waals surface area contributed by atoms with Crippen molar-refractivity contribution >= 4 is 5.69 Å². The van der Waals surface area contributed by atoms with Crippen molar-refractivity contribution in [1.82, 2.24) is 19.7 Å². The fourth-order valence-electron chi connectivity index (χ4n) is 3.76. The third-order valence-electron chi connectivity index (χ3n) is 5.11. The number of piperidine rings is 1. The molecule has 1 aliphatic heterocycles. The van der Waals surface area contributed by atoms with Gasteiger partial charge < -0.3 is 4.90 Å². The van der Waals surface area contributed by atoms with Crippen LogP contribution in [0.1, 0.15) is 29.6 Å². The van der Waals surface area contributed by atoms with Crippen molar-refractivity contribution in [3.05, 3.63) is 72.1 Å². The molecular weight excluding hydrogens is 393 g/mol. The van der Waals surface area contributed by atoms with Crippen LogP contribution in [0.2, 0.25) is 0 Å². The highest BCUT2D eigenvalue weighted by atomic mass is 19.4. The summed E-state index contributed by atoms with van der Waals surface area (Å²) in [6, 6.07) is 5.55. The lowest BCUT2D eigenvalue weighted by Crippen LogP contribution is -2.41. The van der Waals surface area contributed by atoms with Crippen LogP contribution in [0.15, 0.2) is 49.2 Å². The third-order valence-corrected chi connectivity index (χ3v) is 5.11. The van der Waals surface area contributed by atoms with Gasteiger partial charge in [0.05, 0.1) is 6.04 Å². The Morgan fingerprint density at radius 2 is 1.90 bits per heavy atom. The number of anilines is 1. The number of rotatable bonds is 3. The predicted octanol–water partition coefficient (Wildman–Crippen LogP) is 4.21. The largest absolute Gasteiger partial charge is 0.433 e. The average Bonchev–Trinajstić information content (AvgIpc) is 3.22. The summed E-state index contributed by atoms with van der Waals surface area (Å²) >= 11 is 0. The van der Waals surface area contributed by atoms with Gasteiger partial charge in [-0.2, -0.15) is 18.3 Å². The maximum absolute atomic E-state index is 14.5. The maximum Gasteiger partial charge on any atom is 0.433 e. The Labute approximate surface area is 162 Å². The van der Waals surface area contributed by atoms with Gasteiger partial charge in [0.1, 0.15) is 30.0 Å². The SMILES string of the molecule is Fc1ccc(C2CN(c3ccnc(C(F)(F)F)c3)CCC2n2cncn2)c(F)c1. The summed E-state index contributed by atoms with van der Waals surface area (Å²) < 4.78 is 68.6. The number of hydrogen-bond acceptors (Lipinski definition) is 4. The quantitative estimate of drug-likeness (QED) is 0.609. The van der Waals surface area contributed by atoms with Gasteiger partial charge in [0.25, 0.3) is 0 Å². The fraction of sp³-hybridized carbons (Fsp3) is 0.316. The summed E-state index contributed by atoms with van der Waals surface area (Å²) in [6.07, 6.45) is -0.0763. The van der Waals surface area contributed by atoms with E-state index in [1.165, 1.54) is 30.9 Å². The molecule has 1 aromatic carbocycles. The van der Waals surface area contributed by atoms with E-state index in [2.05, 4.69) is 15.1 Å². The zero-order valence-corrected chi connectivity index (χ0v) is 15.0. The minimum absolute atomic E-state index is 0.231. The van der Waals surface area contributed by atoms with Gasteiger partial charge >= 0.3 is 6.18 Å². The van der Waals surface area contributed by atoms with E-state index >= 15 is 0 Å². The number of pyridine rings is 1. The molecule has 29 heavy (non-hydrogen) atoms. The molecule has 2 atom stereocenters. The molecule has 1 aliphatic rings. The van der Waals surface area contributed by atoms with Crippen LogP contribution >= 0.6 is 0 Å². The first-order valence-electron chi connectivity index (χ1n) is 8.90. The summed E-state index contributed by atoms with van der Waals surface area (Å²) in [5.74, 6) is -1.86. The molecule has 2 aromatic heterocycles. The second kappa shape index (κ2) is 7.41. The van der Waals surface area contributed by atoms with Crippen LogP contribution in [0.5, 0.6) is 0 Å². The van der Waals surface area contributed by atoms with Gasteiger partial charge in [-0.25, -0.2) is 18.4 Å². The number of benzene rings is 1. The molecular formula is C19H16F5N5. The highest BCUT2D eigenvalue weighted by Crippen LogP contribution is 2.39. The van der Waals surface area contributed by atoms with Gasteiger partial charge in [0.15, 0.2) is 0 Å². The van der Waals surface area contributed by atoms with Gasteiger partial charge in [0.2, 0.25) is 0 Å². The Morgan fingerprint density at radius 3 is 2.59 bits per heavy atom. The summed E-state index contributed by atoms with van der Waals surface area (Å²) in [5, 5.41) is 4.14. The zero-order valence-electron chi connectivity index (χ0n) is 15.0. The van der Waals surface area contributed by atoms with E-state index in [-0.39, 0.29) is 18.2 Å². The van der Waals surface area contributed by atoms with Crippen molar-refractivity contribution in [2.75, 3.05) is 18.0 Å². The van der Waals surface area contributed by atoms with Crippen molar-refractivity contribution in [3.63, 3.8) is 0 Å². The lowest BCUT2D eigenvalue weighted by Gasteiger charge is -2.40. The Kier molecular flexibility index (Phi) is 4.93. The van der Waals surface area contributed by atoms with Crippen LogP contribution in [0.25, 0.3) is 0 Å². The molecule has 4 rings (SSSR count). The zero-order chi connectivity index (χ0) is 20.6. The van der Waals surface area contributed by atoms with Crippen LogP contribution in [0.4, 0.5) is 27.6 Å². The highest BCUT2D eigenvalue weighted by Gasteiger charge is 2.36. The van der Waals surface area contributed by atoms with E-state index in [4.69, 9.17) is 0 Å². The molecule has 1 fully saturated rings. The second-order valence-electron chi connectivity index (χ2n) is 6.85. The molecule has 152 valence electrons. The van der Waals surface area contributed by atoms with E-state index in [9.17, 15) is 22.0 Å². The number of nitrogens with zero attached hydrogens (tertiary/aromatic N) is 5. The second-order valence-corrected chi connectivity index (χ2v) is 6.85. The van der Waals surface area contributed by atoms with Gasteiger partial charge in [-0.15, -0.1) is 0 Å². The van der Waals surface area contributed by atoms with Gasteiger partial charge in [0, 0.05) is 37.0 Å². The molecule has 0 spiro atoms. The monoisotopic (exact) mass is 409 g/mol. The first-order valence-corrected chi connectivity index (χ1v) is 8.90. The minimum atomic E-state index is -4.56. The number of aromatic nitrogens is 4. The lowest BCUT2D eigenvalue weighted by atomic mass is 9.85. The summed E-state index contributed by atoms with van der Waals surface area (Å²) in [7, 11) is 0. The molecule has 0 radical (unpaired) electrons. The Balaban J connectivity index is 1.69. The van der Waals surface area contributed by atoms with Crippen LogP contribution in [0.3, 0.4) is 0 Å². The predicted molar refractivity (Wildman–Crippen MR) is 94.2 cm³/mol. The number of halogens is 5. The van der Waals surface area contributed by atoms with E-state index < -0.39 is 29.4 Å². The minimum Gasteiger partial charge on any atom is -0.371 e. The molecule has 10 heteroatoms. The van der Waals surface area contributed by atoms with Crippen LogP contribution < -0.4 is 4.90 Å². The van der Waals surface area contributed by atoms with Gasteiger partial charge in [-0.1, -0.05) is 6.07 Å². The molecule has 0 aliphatic carbocycles. The van der Waals surface area contributed by atoms with Crippen molar-refractivity contribution in [2.24, 2.45) is 0 Å². The summed E-state index contributed by atoms with van der Waals surface area (Å²) in [6.45, 7) is 0.666. The van der Waals surface area contributed by atoms with Crippen molar-refractivity contribution in [3.8, 4) is 0 Å². The first-order chi connectivity index (χ1) is 13.8. The van der Waals surface area contributed by atoms with E-state index in [0.29, 0.717) is 18.7 Å². The third kappa shape index (κ3) is 3.92. The van der Waals surface area contributed by atoms with Crippen LogP contribution in [-0.2, 0) is 6.18 Å². The number of hydrogen-bond donors (Lipinski definition) is 0. The van der Waals surface area contributed by atoms with Crippen molar-refractivity contribution in [2.45, 2.75) is 24.6 Å². The molecule has 0 N–H and O–H groups in total. The molecule has 0 amide bonds. The normalized spacial score (nSPS) is 20.1. The summed E-state index contributed by atoms with van der Waals surface area (Å²) in [5.41, 5.74) is -0.364. The summed E-state index contributed by atoms with van der Waals surface area (Å²) in [4.78, 5) is 9.06. The fourth-order valence-corrected chi connectivity index (χ4v) is 3.76. The lowest BCUT2D eigenvalue weighted by molar-refractivity contribution is -0.141. The molecule has 1 saturated heterocycles.